The number of hydrogen-bond donors (Lipinski definition) is 0. The molecular formula is C20H18. The van der Waals surface area contributed by atoms with Gasteiger partial charge in [-0.25, -0.2) is 0 Å². The summed E-state index contributed by atoms with van der Waals surface area (Å²) in [6.07, 6.45) is 7.21. The Morgan fingerprint density at radius 1 is 0.650 bits per heavy atom. The predicted molar refractivity (Wildman–Crippen MR) is 85.3 cm³/mol. The standard InChI is InChI=1S/C20H18/c1-2-6-15(7-3-1)14-17-11-13-20-18-9-5-4-8-16(18)10-12-19(17)20/h1-9,14H,10-13H2/b17-14-. The van der Waals surface area contributed by atoms with E-state index in [1.165, 1.54) is 42.4 Å². The van der Waals surface area contributed by atoms with Gasteiger partial charge in [0.1, 0.15) is 0 Å². The molecule has 0 aromatic heterocycles. The molecule has 98 valence electrons. The molecule has 0 amide bonds. The van der Waals surface area contributed by atoms with Crippen molar-refractivity contribution in [3.05, 3.63) is 82.4 Å². The summed E-state index contributed by atoms with van der Waals surface area (Å²) in [7, 11) is 0. The van der Waals surface area contributed by atoms with Crippen LogP contribution in [0, 0.1) is 0 Å². The molecule has 0 saturated heterocycles. The number of hydrogen-bond acceptors (Lipinski definition) is 0. The van der Waals surface area contributed by atoms with Crippen molar-refractivity contribution in [1.82, 2.24) is 0 Å². The third kappa shape index (κ3) is 1.92. The Morgan fingerprint density at radius 3 is 2.30 bits per heavy atom. The van der Waals surface area contributed by atoms with E-state index >= 15 is 0 Å². The van der Waals surface area contributed by atoms with E-state index in [1.807, 2.05) is 0 Å². The lowest BCUT2D eigenvalue weighted by atomic mass is 9.86. The van der Waals surface area contributed by atoms with Gasteiger partial charge in [-0.05, 0) is 59.1 Å². The molecule has 0 heteroatoms. The number of aryl methyl sites for hydroxylation is 1. The molecule has 0 nitrogen and oxygen atoms in total. The largest absolute Gasteiger partial charge is 0.0622 e. The van der Waals surface area contributed by atoms with Crippen molar-refractivity contribution in [2.24, 2.45) is 0 Å². The second-order valence-electron chi connectivity index (χ2n) is 5.69. The van der Waals surface area contributed by atoms with Crippen molar-refractivity contribution in [2.75, 3.05) is 0 Å². The first-order valence-electron chi connectivity index (χ1n) is 7.48. The molecule has 20 heavy (non-hydrogen) atoms. The van der Waals surface area contributed by atoms with E-state index in [0.29, 0.717) is 0 Å². The Morgan fingerprint density at radius 2 is 1.40 bits per heavy atom. The van der Waals surface area contributed by atoms with Gasteiger partial charge in [0.25, 0.3) is 0 Å². The Hall–Kier alpha value is -2.08. The molecular weight excluding hydrogens is 240 g/mol. The molecule has 0 saturated carbocycles. The van der Waals surface area contributed by atoms with Crippen molar-refractivity contribution in [2.45, 2.75) is 25.7 Å². The minimum Gasteiger partial charge on any atom is -0.0622 e. The highest BCUT2D eigenvalue weighted by molar-refractivity contribution is 5.82. The lowest BCUT2D eigenvalue weighted by Crippen LogP contribution is -2.01. The van der Waals surface area contributed by atoms with Gasteiger partial charge in [-0.15, -0.1) is 0 Å². The highest BCUT2D eigenvalue weighted by Crippen LogP contribution is 2.44. The summed E-state index contributed by atoms with van der Waals surface area (Å²) in [6.45, 7) is 0. The molecule has 2 aliphatic carbocycles. The van der Waals surface area contributed by atoms with E-state index in [9.17, 15) is 0 Å². The maximum Gasteiger partial charge on any atom is -0.0189 e. The van der Waals surface area contributed by atoms with Crippen LogP contribution in [0.3, 0.4) is 0 Å². The summed E-state index contributed by atoms with van der Waals surface area (Å²) in [6, 6.07) is 19.6. The Labute approximate surface area is 120 Å². The van der Waals surface area contributed by atoms with Gasteiger partial charge in [-0.1, -0.05) is 60.7 Å². The Bertz CT molecular complexity index is 702. The highest BCUT2D eigenvalue weighted by Gasteiger charge is 2.25. The highest BCUT2D eigenvalue weighted by atomic mass is 14.3. The van der Waals surface area contributed by atoms with Crippen LogP contribution in [0.1, 0.15) is 36.0 Å². The second kappa shape index (κ2) is 4.79. The smallest absolute Gasteiger partial charge is 0.0189 e. The van der Waals surface area contributed by atoms with Crippen LogP contribution in [0.5, 0.6) is 0 Å². The third-order valence-electron chi connectivity index (χ3n) is 4.52. The first kappa shape index (κ1) is 11.7. The fourth-order valence-electron chi connectivity index (χ4n) is 3.57. The van der Waals surface area contributed by atoms with Crippen LogP contribution < -0.4 is 0 Å². The normalized spacial score (nSPS) is 19.1. The molecule has 0 N–H and O–H groups in total. The monoisotopic (exact) mass is 258 g/mol. The zero-order chi connectivity index (χ0) is 13.4. The van der Waals surface area contributed by atoms with Gasteiger partial charge in [0.05, 0.1) is 0 Å². The summed E-state index contributed by atoms with van der Waals surface area (Å²) >= 11 is 0. The van der Waals surface area contributed by atoms with E-state index in [4.69, 9.17) is 0 Å². The minimum atomic E-state index is 1.20. The van der Waals surface area contributed by atoms with Crippen molar-refractivity contribution in [1.29, 1.82) is 0 Å². The Balaban J connectivity index is 1.78. The van der Waals surface area contributed by atoms with Crippen molar-refractivity contribution < 1.29 is 0 Å². The van der Waals surface area contributed by atoms with Crippen LogP contribution in [-0.4, -0.2) is 0 Å². The van der Waals surface area contributed by atoms with Crippen LogP contribution in [0.2, 0.25) is 0 Å². The molecule has 2 aliphatic rings. The molecule has 0 unspecified atom stereocenters. The third-order valence-corrected chi connectivity index (χ3v) is 4.52. The summed E-state index contributed by atoms with van der Waals surface area (Å²) in [5.74, 6) is 0. The summed E-state index contributed by atoms with van der Waals surface area (Å²) < 4.78 is 0. The number of benzene rings is 2. The molecule has 0 radical (unpaired) electrons. The van der Waals surface area contributed by atoms with Crippen molar-refractivity contribution >= 4 is 11.6 Å². The van der Waals surface area contributed by atoms with Crippen LogP contribution in [-0.2, 0) is 6.42 Å². The van der Waals surface area contributed by atoms with Gasteiger partial charge in [0.2, 0.25) is 0 Å². The van der Waals surface area contributed by atoms with Gasteiger partial charge < -0.3 is 0 Å². The molecule has 0 fully saturated rings. The van der Waals surface area contributed by atoms with E-state index < -0.39 is 0 Å². The zero-order valence-corrected chi connectivity index (χ0v) is 11.6. The first-order valence-corrected chi connectivity index (χ1v) is 7.48. The Kier molecular flexibility index (Phi) is 2.81. The van der Waals surface area contributed by atoms with Crippen molar-refractivity contribution in [3.8, 4) is 0 Å². The first-order chi connectivity index (χ1) is 9.92. The predicted octanol–water partition coefficient (Wildman–Crippen LogP) is 5.26. The average Bonchev–Trinajstić information content (AvgIpc) is 2.92. The molecule has 0 aliphatic heterocycles. The van der Waals surface area contributed by atoms with Gasteiger partial charge in [0.15, 0.2) is 0 Å². The van der Waals surface area contributed by atoms with Gasteiger partial charge in [0, 0.05) is 0 Å². The van der Waals surface area contributed by atoms with E-state index in [1.54, 1.807) is 16.7 Å². The topological polar surface area (TPSA) is 0 Å². The fraction of sp³-hybridized carbons (Fsp3) is 0.200. The molecule has 2 aromatic rings. The molecule has 4 rings (SSSR count). The van der Waals surface area contributed by atoms with Gasteiger partial charge in [-0.3, -0.25) is 0 Å². The zero-order valence-electron chi connectivity index (χ0n) is 11.6. The quantitative estimate of drug-likeness (QED) is 0.654. The summed E-state index contributed by atoms with van der Waals surface area (Å²) in [4.78, 5) is 0. The maximum atomic E-state index is 2.39. The second-order valence-corrected chi connectivity index (χ2v) is 5.69. The molecule has 0 heterocycles. The molecule has 0 bridgehead atoms. The van der Waals surface area contributed by atoms with Crippen LogP contribution >= 0.6 is 0 Å². The molecule has 0 atom stereocenters. The SMILES string of the molecule is C(=C1\CCC2=C1CCc1ccccc12)/c1ccccc1. The summed E-state index contributed by atoms with van der Waals surface area (Å²) in [5, 5.41) is 0. The lowest BCUT2D eigenvalue weighted by molar-refractivity contribution is 0.936. The molecule has 0 spiro atoms. The maximum absolute atomic E-state index is 2.39. The number of allylic oxidation sites excluding steroid dienone is 3. The van der Waals surface area contributed by atoms with E-state index in [-0.39, 0.29) is 0 Å². The number of rotatable bonds is 1. The molecule has 2 aromatic carbocycles. The van der Waals surface area contributed by atoms with Crippen LogP contribution in [0.4, 0.5) is 0 Å². The van der Waals surface area contributed by atoms with Gasteiger partial charge >= 0.3 is 0 Å². The van der Waals surface area contributed by atoms with E-state index in [2.05, 4.69) is 60.7 Å². The number of fused-ring (bicyclic) bond motifs is 2. The van der Waals surface area contributed by atoms with Crippen LogP contribution in [0.25, 0.3) is 11.6 Å². The summed E-state index contributed by atoms with van der Waals surface area (Å²) in [5.41, 5.74) is 9.15. The van der Waals surface area contributed by atoms with Crippen LogP contribution in [0.15, 0.2) is 65.7 Å². The van der Waals surface area contributed by atoms with Crippen molar-refractivity contribution in [3.63, 3.8) is 0 Å². The lowest BCUT2D eigenvalue weighted by Gasteiger charge is -2.19. The van der Waals surface area contributed by atoms with Gasteiger partial charge in [-0.2, -0.15) is 0 Å². The minimum absolute atomic E-state index is 1.20. The average molecular weight is 258 g/mol. The fourth-order valence-corrected chi connectivity index (χ4v) is 3.57. The van der Waals surface area contributed by atoms with E-state index in [0.717, 1.165) is 0 Å².